The highest BCUT2D eigenvalue weighted by atomic mass is 16.5. The summed E-state index contributed by atoms with van der Waals surface area (Å²) in [4.78, 5) is 11.5. The van der Waals surface area contributed by atoms with Crippen LogP contribution in [0.4, 0.5) is 0 Å². The molecule has 0 radical (unpaired) electrons. The Bertz CT molecular complexity index is 267. The first kappa shape index (κ1) is 15.4. The molecule has 3 atom stereocenters. The van der Waals surface area contributed by atoms with Crippen molar-refractivity contribution in [3.63, 3.8) is 0 Å². The maximum atomic E-state index is 11.5. The Kier molecular flexibility index (Phi) is 6.05. The maximum absolute atomic E-state index is 11.5. The highest BCUT2D eigenvalue weighted by molar-refractivity contribution is 5.84. The summed E-state index contributed by atoms with van der Waals surface area (Å²) in [6.45, 7) is 8.80. The number of carbonyl (C=O) groups excluding carboxylic acids is 1. The van der Waals surface area contributed by atoms with E-state index in [1.807, 2.05) is 20.8 Å². The molecule has 1 fully saturated rings. The molecule has 1 rings (SSSR count). The van der Waals surface area contributed by atoms with Crippen LogP contribution in [0.5, 0.6) is 0 Å². The van der Waals surface area contributed by atoms with Crippen LogP contribution in [0, 0.1) is 5.92 Å². The average molecular weight is 258 g/mol. The third kappa shape index (κ3) is 4.55. The molecule has 0 aromatic rings. The SMILES string of the molecule is CCNC(C)(CC(C)OCC1CCOC1)C(N)=O. The first-order chi connectivity index (χ1) is 8.48. The third-order valence-corrected chi connectivity index (χ3v) is 3.45. The molecule has 1 saturated heterocycles. The van der Waals surface area contributed by atoms with Gasteiger partial charge in [-0.25, -0.2) is 0 Å². The van der Waals surface area contributed by atoms with Gasteiger partial charge in [0.2, 0.25) is 5.91 Å². The van der Waals surface area contributed by atoms with Gasteiger partial charge in [0.05, 0.1) is 24.9 Å². The number of nitrogens with one attached hydrogen (secondary N) is 1. The zero-order valence-corrected chi connectivity index (χ0v) is 11.7. The molecule has 0 aromatic carbocycles. The molecular weight excluding hydrogens is 232 g/mol. The van der Waals surface area contributed by atoms with Crippen molar-refractivity contribution in [1.82, 2.24) is 5.32 Å². The van der Waals surface area contributed by atoms with Crippen LogP contribution >= 0.6 is 0 Å². The van der Waals surface area contributed by atoms with Crippen LogP contribution in [0.1, 0.15) is 33.6 Å². The minimum absolute atomic E-state index is 0.00199. The molecule has 3 N–H and O–H groups in total. The first-order valence-corrected chi connectivity index (χ1v) is 6.72. The number of ether oxygens (including phenoxy) is 2. The lowest BCUT2D eigenvalue weighted by molar-refractivity contribution is -0.125. The van der Waals surface area contributed by atoms with Gasteiger partial charge in [0.15, 0.2) is 0 Å². The van der Waals surface area contributed by atoms with Crippen LogP contribution in [-0.2, 0) is 14.3 Å². The molecule has 3 unspecified atom stereocenters. The first-order valence-electron chi connectivity index (χ1n) is 6.72. The Morgan fingerprint density at radius 2 is 2.39 bits per heavy atom. The van der Waals surface area contributed by atoms with E-state index in [1.54, 1.807) is 0 Å². The van der Waals surface area contributed by atoms with Crippen molar-refractivity contribution in [2.45, 2.75) is 45.3 Å². The van der Waals surface area contributed by atoms with E-state index < -0.39 is 5.54 Å². The lowest BCUT2D eigenvalue weighted by Gasteiger charge is -2.30. The molecule has 1 aliphatic heterocycles. The predicted octanol–water partition coefficient (Wildman–Crippen LogP) is 0.672. The molecule has 1 heterocycles. The van der Waals surface area contributed by atoms with Crippen LogP contribution in [0.2, 0.25) is 0 Å². The normalized spacial score (nSPS) is 24.7. The number of carbonyl (C=O) groups is 1. The van der Waals surface area contributed by atoms with Gasteiger partial charge in [-0.3, -0.25) is 4.79 Å². The summed E-state index contributed by atoms with van der Waals surface area (Å²) in [5.74, 6) is 0.162. The van der Waals surface area contributed by atoms with Crippen molar-refractivity contribution < 1.29 is 14.3 Å². The molecule has 0 bridgehead atoms. The zero-order valence-electron chi connectivity index (χ0n) is 11.7. The van der Waals surface area contributed by atoms with Gasteiger partial charge in [-0.1, -0.05) is 6.92 Å². The van der Waals surface area contributed by atoms with E-state index in [9.17, 15) is 4.79 Å². The second-order valence-electron chi connectivity index (χ2n) is 5.30. The fourth-order valence-electron chi connectivity index (χ4n) is 2.30. The monoisotopic (exact) mass is 258 g/mol. The smallest absolute Gasteiger partial charge is 0.237 e. The number of likely N-dealkylation sites (N-methyl/N-ethyl adjacent to an activating group) is 1. The Morgan fingerprint density at radius 1 is 1.67 bits per heavy atom. The van der Waals surface area contributed by atoms with Gasteiger partial charge >= 0.3 is 0 Å². The molecule has 5 nitrogen and oxygen atoms in total. The van der Waals surface area contributed by atoms with E-state index in [0.29, 0.717) is 25.5 Å². The zero-order chi connectivity index (χ0) is 13.6. The summed E-state index contributed by atoms with van der Waals surface area (Å²) in [5, 5.41) is 3.14. The van der Waals surface area contributed by atoms with Crippen molar-refractivity contribution >= 4 is 5.91 Å². The molecule has 1 aliphatic rings. The summed E-state index contributed by atoms with van der Waals surface area (Å²) in [5.41, 5.74) is 4.75. The van der Waals surface area contributed by atoms with Gasteiger partial charge in [-0.05, 0) is 26.8 Å². The van der Waals surface area contributed by atoms with Crippen LogP contribution < -0.4 is 11.1 Å². The van der Waals surface area contributed by atoms with Crippen LogP contribution in [0.15, 0.2) is 0 Å². The lowest BCUT2D eigenvalue weighted by atomic mass is 9.94. The third-order valence-electron chi connectivity index (χ3n) is 3.45. The highest BCUT2D eigenvalue weighted by Gasteiger charge is 2.32. The predicted molar refractivity (Wildman–Crippen MR) is 70.2 cm³/mol. The average Bonchev–Trinajstić information content (AvgIpc) is 2.79. The number of hydrogen-bond acceptors (Lipinski definition) is 4. The summed E-state index contributed by atoms with van der Waals surface area (Å²) < 4.78 is 11.1. The molecule has 0 saturated carbocycles. The fraction of sp³-hybridized carbons (Fsp3) is 0.923. The van der Waals surface area contributed by atoms with Crippen LogP contribution in [0.25, 0.3) is 0 Å². The molecule has 0 aliphatic carbocycles. The summed E-state index contributed by atoms with van der Waals surface area (Å²) >= 11 is 0. The molecule has 0 spiro atoms. The van der Waals surface area contributed by atoms with E-state index in [1.165, 1.54) is 0 Å². The van der Waals surface area contributed by atoms with Gasteiger partial charge in [0.25, 0.3) is 0 Å². The lowest BCUT2D eigenvalue weighted by Crippen LogP contribution is -2.54. The van der Waals surface area contributed by atoms with Gasteiger partial charge in [0.1, 0.15) is 0 Å². The van der Waals surface area contributed by atoms with E-state index in [2.05, 4.69) is 5.32 Å². The summed E-state index contributed by atoms with van der Waals surface area (Å²) in [6.07, 6.45) is 1.65. The number of primary amides is 1. The number of rotatable bonds is 8. The fourth-order valence-corrected chi connectivity index (χ4v) is 2.30. The quantitative estimate of drug-likeness (QED) is 0.671. The standard InChI is InChI=1S/C13H26N2O3/c1-4-15-13(3,12(14)16)7-10(2)18-9-11-5-6-17-8-11/h10-11,15H,4-9H2,1-3H3,(H2,14,16). The van der Waals surface area contributed by atoms with E-state index >= 15 is 0 Å². The number of nitrogens with two attached hydrogens (primary N) is 1. The van der Waals surface area contributed by atoms with Gasteiger partial charge in [0, 0.05) is 18.9 Å². The minimum Gasteiger partial charge on any atom is -0.381 e. The Morgan fingerprint density at radius 3 is 2.89 bits per heavy atom. The molecule has 0 aromatic heterocycles. The second kappa shape index (κ2) is 7.07. The second-order valence-corrected chi connectivity index (χ2v) is 5.30. The van der Waals surface area contributed by atoms with Gasteiger partial charge in [-0.2, -0.15) is 0 Å². The van der Waals surface area contributed by atoms with E-state index in [0.717, 1.165) is 19.6 Å². The number of hydrogen-bond donors (Lipinski definition) is 2. The maximum Gasteiger partial charge on any atom is 0.237 e. The van der Waals surface area contributed by atoms with Gasteiger partial charge in [-0.15, -0.1) is 0 Å². The van der Waals surface area contributed by atoms with E-state index in [-0.39, 0.29) is 12.0 Å². The van der Waals surface area contributed by atoms with Crippen LogP contribution in [-0.4, -0.2) is 43.9 Å². The van der Waals surface area contributed by atoms with Crippen molar-refractivity contribution in [2.24, 2.45) is 11.7 Å². The Labute approximate surface area is 109 Å². The van der Waals surface area contributed by atoms with Crippen molar-refractivity contribution in [1.29, 1.82) is 0 Å². The molecule has 18 heavy (non-hydrogen) atoms. The topological polar surface area (TPSA) is 73.6 Å². The largest absolute Gasteiger partial charge is 0.381 e. The highest BCUT2D eigenvalue weighted by Crippen LogP contribution is 2.17. The molecule has 106 valence electrons. The Hall–Kier alpha value is -0.650. The Balaban J connectivity index is 2.35. The number of amides is 1. The minimum atomic E-state index is -0.694. The molecular formula is C13H26N2O3. The van der Waals surface area contributed by atoms with Gasteiger partial charge < -0.3 is 20.5 Å². The molecule has 5 heteroatoms. The molecule has 1 amide bonds. The van der Waals surface area contributed by atoms with Crippen LogP contribution in [0.3, 0.4) is 0 Å². The van der Waals surface area contributed by atoms with Crippen molar-refractivity contribution in [3.05, 3.63) is 0 Å². The van der Waals surface area contributed by atoms with E-state index in [4.69, 9.17) is 15.2 Å². The summed E-state index contributed by atoms with van der Waals surface area (Å²) in [6, 6.07) is 0. The summed E-state index contributed by atoms with van der Waals surface area (Å²) in [7, 11) is 0. The van der Waals surface area contributed by atoms with Crippen molar-refractivity contribution in [2.75, 3.05) is 26.4 Å². The van der Waals surface area contributed by atoms with Crippen molar-refractivity contribution in [3.8, 4) is 0 Å².